The summed E-state index contributed by atoms with van der Waals surface area (Å²) in [7, 11) is 1.73. The molecule has 0 aliphatic heterocycles. The number of carbonyl (C=O) groups is 1. The molecule has 2 heterocycles. The SMILES string of the molecule is Cc1ccc(CN(C)C(=O)/C=C/c2cnc3ccccc3n2)o1. The molecule has 2 aromatic heterocycles. The topological polar surface area (TPSA) is 59.2 Å². The summed E-state index contributed by atoms with van der Waals surface area (Å²) in [5.41, 5.74) is 2.29. The molecule has 0 radical (unpaired) electrons. The van der Waals surface area contributed by atoms with Crippen LogP contribution in [0.2, 0.25) is 0 Å². The number of rotatable bonds is 4. The van der Waals surface area contributed by atoms with E-state index in [0.717, 1.165) is 22.6 Å². The summed E-state index contributed by atoms with van der Waals surface area (Å²) < 4.78 is 5.47. The first-order valence-electron chi connectivity index (χ1n) is 7.32. The van der Waals surface area contributed by atoms with Gasteiger partial charge in [0.15, 0.2) is 0 Å². The number of carbonyl (C=O) groups excluding carboxylic acids is 1. The number of furan rings is 1. The second kappa shape index (κ2) is 6.44. The van der Waals surface area contributed by atoms with Crippen LogP contribution in [0.4, 0.5) is 0 Å². The molecule has 5 nitrogen and oxygen atoms in total. The summed E-state index contributed by atoms with van der Waals surface area (Å²) in [4.78, 5) is 22.5. The summed E-state index contributed by atoms with van der Waals surface area (Å²) in [6.07, 6.45) is 4.82. The molecule has 0 N–H and O–H groups in total. The molecule has 0 aliphatic carbocycles. The van der Waals surface area contributed by atoms with E-state index in [1.54, 1.807) is 24.2 Å². The minimum absolute atomic E-state index is 0.117. The molecule has 0 fully saturated rings. The fourth-order valence-corrected chi connectivity index (χ4v) is 2.22. The van der Waals surface area contributed by atoms with E-state index in [9.17, 15) is 4.79 Å². The molecule has 3 rings (SSSR count). The lowest BCUT2D eigenvalue weighted by molar-refractivity contribution is -0.125. The first-order valence-corrected chi connectivity index (χ1v) is 7.32. The van der Waals surface area contributed by atoms with E-state index in [1.165, 1.54) is 6.08 Å². The molecule has 0 saturated heterocycles. The Balaban J connectivity index is 1.68. The van der Waals surface area contributed by atoms with Crippen molar-refractivity contribution >= 4 is 23.0 Å². The van der Waals surface area contributed by atoms with Crippen LogP contribution in [0.25, 0.3) is 17.1 Å². The number of likely N-dealkylation sites (N-methyl/N-ethyl adjacent to an activating group) is 1. The number of fused-ring (bicyclic) bond motifs is 1. The second-order valence-electron chi connectivity index (χ2n) is 5.32. The second-order valence-corrected chi connectivity index (χ2v) is 5.32. The third-order valence-corrected chi connectivity index (χ3v) is 3.43. The standard InChI is InChI=1S/C18H17N3O2/c1-13-7-9-15(23-13)12-21(2)18(22)10-8-14-11-19-16-5-3-4-6-17(16)20-14/h3-11H,12H2,1-2H3/b10-8+. The van der Waals surface area contributed by atoms with Gasteiger partial charge >= 0.3 is 0 Å². The van der Waals surface area contributed by atoms with E-state index in [2.05, 4.69) is 9.97 Å². The Kier molecular flexibility index (Phi) is 4.19. The van der Waals surface area contributed by atoms with Crippen molar-refractivity contribution in [3.8, 4) is 0 Å². The van der Waals surface area contributed by atoms with Gasteiger partial charge in [-0.05, 0) is 37.3 Å². The highest BCUT2D eigenvalue weighted by molar-refractivity contribution is 5.91. The number of aryl methyl sites for hydroxylation is 1. The van der Waals surface area contributed by atoms with Gasteiger partial charge in [-0.15, -0.1) is 0 Å². The Morgan fingerprint density at radius 2 is 2.00 bits per heavy atom. The van der Waals surface area contributed by atoms with Gasteiger partial charge in [0.2, 0.25) is 5.91 Å². The zero-order valence-electron chi connectivity index (χ0n) is 13.1. The van der Waals surface area contributed by atoms with E-state index in [-0.39, 0.29) is 5.91 Å². The molecule has 3 aromatic rings. The maximum absolute atomic E-state index is 12.1. The Morgan fingerprint density at radius 1 is 1.22 bits per heavy atom. The average Bonchev–Trinajstić information content (AvgIpc) is 2.97. The van der Waals surface area contributed by atoms with Gasteiger partial charge in [0.1, 0.15) is 11.5 Å². The third kappa shape index (κ3) is 3.63. The van der Waals surface area contributed by atoms with Crippen molar-refractivity contribution in [2.45, 2.75) is 13.5 Å². The van der Waals surface area contributed by atoms with Gasteiger partial charge in [-0.3, -0.25) is 9.78 Å². The van der Waals surface area contributed by atoms with Crippen molar-refractivity contribution in [3.05, 3.63) is 65.9 Å². The van der Waals surface area contributed by atoms with Crippen molar-refractivity contribution < 1.29 is 9.21 Å². The van der Waals surface area contributed by atoms with Gasteiger partial charge in [-0.1, -0.05) is 12.1 Å². The van der Waals surface area contributed by atoms with Crippen LogP contribution in [0.1, 0.15) is 17.2 Å². The first-order chi connectivity index (χ1) is 11.1. The summed E-state index contributed by atoms with van der Waals surface area (Å²) in [6, 6.07) is 11.4. The summed E-state index contributed by atoms with van der Waals surface area (Å²) in [5.74, 6) is 1.48. The molecule has 116 valence electrons. The minimum Gasteiger partial charge on any atom is -0.464 e. The molecular weight excluding hydrogens is 290 g/mol. The summed E-state index contributed by atoms with van der Waals surface area (Å²) >= 11 is 0. The fourth-order valence-electron chi connectivity index (χ4n) is 2.22. The summed E-state index contributed by atoms with van der Waals surface area (Å²) in [5, 5.41) is 0. The lowest BCUT2D eigenvalue weighted by Gasteiger charge is -2.12. The monoisotopic (exact) mass is 307 g/mol. The zero-order valence-corrected chi connectivity index (χ0v) is 13.1. The molecule has 0 saturated carbocycles. The summed E-state index contributed by atoms with van der Waals surface area (Å²) in [6.45, 7) is 2.31. The Hall–Kier alpha value is -2.95. The molecule has 23 heavy (non-hydrogen) atoms. The van der Waals surface area contributed by atoms with Crippen molar-refractivity contribution in [3.63, 3.8) is 0 Å². The van der Waals surface area contributed by atoms with Crippen molar-refractivity contribution in [1.29, 1.82) is 0 Å². The highest BCUT2D eigenvalue weighted by atomic mass is 16.3. The molecule has 5 heteroatoms. The number of benzene rings is 1. The van der Waals surface area contributed by atoms with E-state index in [0.29, 0.717) is 12.2 Å². The largest absolute Gasteiger partial charge is 0.464 e. The van der Waals surface area contributed by atoms with Crippen LogP contribution in [-0.4, -0.2) is 27.8 Å². The van der Waals surface area contributed by atoms with Gasteiger partial charge in [0.05, 0.1) is 29.5 Å². The third-order valence-electron chi connectivity index (χ3n) is 3.43. The Morgan fingerprint density at radius 3 is 2.74 bits per heavy atom. The zero-order chi connectivity index (χ0) is 16.2. The van der Waals surface area contributed by atoms with Gasteiger partial charge in [-0.2, -0.15) is 0 Å². The van der Waals surface area contributed by atoms with Gasteiger partial charge in [-0.25, -0.2) is 4.98 Å². The van der Waals surface area contributed by atoms with E-state index >= 15 is 0 Å². The number of aromatic nitrogens is 2. The fraction of sp³-hybridized carbons (Fsp3) is 0.167. The number of nitrogens with zero attached hydrogens (tertiary/aromatic N) is 3. The lowest BCUT2D eigenvalue weighted by atomic mass is 10.3. The number of amides is 1. The van der Waals surface area contributed by atoms with Crippen molar-refractivity contribution in [2.24, 2.45) is 0 Å². The smallest absolute Gasteiger partial charge is 0.246 e. The van der Waals surface area contributed by atoms with Crippen molar-refractivity contribution in [1.82, 2.24) is 14.9 Å². The maximum atomic E-state index is 12.1. The predicted octanol–water partition coefficient (Wildman–Crippen LogP) is 3.20. The quantitative estimate of drug-likeness (QED) is 0.694. The highest BCUT2D eigenvalue weighted by Crippen LogP contribution is 2.11. The maximum Gasteiger partial charge on any atom is 0.246 e. The molecule has 0 atom stereocenters. The van der Waals surface area contributed by atoms with Crippen molar-refractivity contribution in [2.75, 3.05) is 7.05 Å². The van der Waals surface area contributed by atoms with Gasteiger partial charge in [0, 0.05) is 13.1 Å². The number of hydrogen-bond donors (Lipinski definition) is 0. The molecular formula is C18H17N3O2. The van der Waals surface area contributed by atoms with Crippen LogP contribution in [0.3, 0.4) is 0 Å². The van der Waals surface area contributed by atoms with Gasteiger partial charge < -0.3 is 9.32 Å². The van der Waals surface area contributed by atoms with E-state index < -0.39 is 0 Å². The molecule has 0 unspecified atom stereocenters. The molecule has 0 bridgehead atoms. The van der Waals surface area contributed by atoms with E-state index in [4.69, 9.17) is 4.42 Å². The van der Waals surface area contributed by atoms with Crippen LogP contribution in [0, 0.1) is 6.92 Å². The van der Waals surface area contributed by atoms with Crippen LogP contribution in [0.15, 0.2) is 53.1 Å². The molecule has 0 aliphatic rings. The predicted molar refractivity (Wildman–Crippen MR) is 88.5 cm³/mol. The molecule has 1 amide bonds. The van der Waals surface area contributed by atoms with Crippen LogP contribution < -0.4 is 0 Å². The van der Waals surface area contributed by atoms with Gasteiger partial charge in [0.25, 0.3) is 0 Å². The number of hydrogen-bond acceptors (Lipinski definition) is 4. The highest BCUT2D eigenvalue weighted by Gasteiger charge is 2.08. The van der Waals surface area contributed by atoms with Crippen LogP contribution >= 0.6 is 0 Å². The average molecular weight is 307 g/mol. The van der Waals surface area contributed by atoms with E-state index in [1.807, 2.05) is 43.3 Å². The van der Waals surface area contributed by atoms with Crippen LogP contribution in [0.5, 0.6) is 0 Å². The minimum atomic E-state index is -0.117. The Labute approximate surface area is 134 Å². The molecule has 0 spiro atoms. The normalized spacial score (nSPS) is 11.2. The first kappa shape index (κ1) is 15.0. The Bertz CT molecular complexity index is 867. The molecule has 1 aromatic carbocycles. The lowest BCUT2D eigenvalue weighted by Crippen LogP contribution is -2.23. The van der Waals surface area contributed by atoms with Crippen LogP contribution in [-0.2, 0) is 11.3 Å². The number of para-hydroxylation sites is 2.